The minimum absolute atomic E-state index is 0.545. The summed E-state index contributed by atoms with van der Waals surface area (Å²) in [5.41, 5.74) is 0.545. The lowest BCUT2D eigenvalue weighted by atomic mass is 10.1. The van der Waals surface area contributed by atoms with Gasteiger partial charge in [0.15, 0.2) is 0 Å². The van der Waals surface area contributed by atoms with Gasteiger partial charge in [-0.15, -0.1) is 0 Å². The molecule has 1 N–H and O–H groups in total. The molecule has 1 saturated carbocycles. The van der Waals surface area contributed by atoms with Crippen LogP contribution in [0.3, 0.4) is 0 Å². The van der Waals surface area contributed by atoms with Gasteiger partial charge in [-0.25, -0.2) is 0 Å². The lowest BCUT2D eigenvalue weighted by Gasteiger charge is -2.35. The van der Waals surface area contributed by atoms with E-state index in [1.54, 1.807) is 4.90 Å². The number of fused-ring (bicyclic) bond motifs is 1. The van der Waals surface area contributed by atoms with Gasteiger partial charge in [0.2, 0.25) is 0 Å². The fraction of sp³-hybridized carbons (Fsp3) is 1.00. The molecular weight excluding hydrogens is 176 g/mol. The molecule has 3 fully saturated rings. The summed E-state index contributed by atoms with van der Waals surface area (Å²) in [6, 6.07) is 0. The molecule has 0 amide bonds. The van der Waals surface area contributed by atoms with Crippen molar-refractivity contribution in [1.82, 2.24) is 4.90 Å². The van der Waals surface area contributed by atoms with Crippen LogP contribution in [0, 0.1) is 11.8 Å². The maximum absolute atomic E-state index is 5.42. The van der Waals surface area contributed by atoms with Crippen LogP contribution >= 0.6 is 0 Å². The molecule has 0 aromatic heterocycles. The number of ether oxygens (including phenoxy) is 1. The highest BCUT2D eigenvalue weighted by Crippen LogP contribution is 2.55. The average molecular weight is 197 g/mol. The van der Waals surface area contributed by atoms with Crippen molar-refractivity contribution in [2.24, 2.45) is 11.8 Å². The van der Waals surface area contributed by atoms with Crippen molar-refractivity contribution in [3.63, 3.8) is 0 Å². The standard InChI is InChI=1S/C11H20N2O/c1-11(13-3-5-14-6-4-13)9-7-12(2)8-10(9)11/h9-10H,3-8H2,1-2H3/p+1/t9-,10+,11?. The quantitative estimate of drug-likeness (QED) is 0.572. The van der Waals surface area contributed by atoms with E-state index < -0.39 is 0 Å². The summed E-state index contributed by atoms with van der Waals surface area (Å²) in [5, 5.41) is 0. The third-order valence-corrected chi connectivity index (χ3v) is 4.71. The molecule has 4 atom stereocenters. The Morgan fingerprint density at radius 2 is 1.79 bits per heavy atom. The van der Waals surface area contributed by atoms with Crippen molar-refractivity contribution in [2.45, 2.75) is 12.5 Å². The molecule has 80 valence electrons. The summed E-state index contributed by atoms with van der Waals surface area (Å²) in [5.74, 6) is 1.95. The van der Waals surface area contributed by atoms with Crippen molar-refractivity contribution < 1.29 is 9.64 Å². The summed E-state index contributed by atoms with van der Waals surface area (Å²) in [6.45, 7) is 9.44. The molecule has 0 aromatic carbocycles. The normalized spacial score (nSPS) is 53.1. The number of morpholine rings is 1. The molecule has 1 aliphatic carbocycles. The zero-order chi connectivity index (χ0) is 9.76. The summed E-state index contributed by atoms with van der Waals surface area (Å²) >= 11 is 0. The molecule has 3 aliphatic rings. The number of nitrogens with zero attached hydrogens (tertiary/aromatic N) is 1. The highest BCUT2D eigenvalue weighted by Gasteiger charge is 2.69. The van der Waals surface area contributed by atoms with E-state index >= 15 is 0 Å². The first kappa shape index (κ1) is 9.13. The van der Waals surface area contributed by atoms with Gasteiger partial charge in [0.1, 0.15) is 0 Å². The monoisotopic (exact) mass is 197 g/mol. The Balaban J connectivity index is 1.68. The Morgan fingerprint density at radius 1 is 1.21 bits per heavy atom. The van der Waals surface area contributed by atoms with Crippen molar-refractivity contribution in [1.29, 1.82) is 0 Å². The highest BCUT2D eigenvalue weighted by atomic mass is 16.5. The van der Waals surface area contributed by atoms with Gasteiger partial charge in [-0.1, -0.05) is 0 Å². The summed E-state index contributed by atoms with van der Waals surface area (Å²) in [6.07, 6.45) is 0. The SMILES string of the molecule is C[NH+]1C[C@@H]2[C@H](C1)C2(C)N1CCOCC1. The van der Waals surface area contributed by atoms with Crippen LogP contribution in [0.5, 0.6) is 0 Å². The molecule has 0 spiro atoms. The van der Waals surface area contributed by atoms with Crippen LogP contribution in [0.25, 0.3) is 0 Å². The van der Waals surface area contributed by atoms with E-state index in [4.69, 9.17) is 4.74 Å². The number of quaternary nitrogens is 1. The number of likely N-dealkylation sites (tertiary alicyclic amines) is 1. The Hall–Kier alpha value is -0.120. The van der Waals surface area contributed by atoms with Crippen LogP contribution < -0.4 is 4.90 Å². The second-order valence-corrected chi connectivity index (χ2v) is 5.40. The largest absolute Gasteiger partial charge is 0.379 e. The van der Waals surface area contributed by atoms with Gasteiger partial charge in [-0.05, 0) is 6.92 Å². The van der Waals surface area contributed by atoms with E-state index in [0.29, 0.717) is 5.54 Å². The predicted octanol–water partition coefficient (Wildman–Crippen LogP) is -1.15. The second-order valence-electron chi connectivity index (χ2n) is 5.40. The van der Waals surface area contributed by atoms with Crippen molar-refractivity contribution in [2.75, 3.05) is 46.4 Å². The fourth-order valence-electron chi connectivity index (χ4n) is 3.73. The van der Waals surface area contributed by atoms with Gasteiger partial charge in [0, 0.05) is 30.5 Å². The van der Waals surface area contributed by atoms with Gasteiger partial charge in [-0.3, -0.25) is 4.90 Å². The van der Waals surface area contributed by atoms with Gasteiger partial charge in [0.05, 0.1) is 33.4 Å². The third kappa shape index (κ3) is 1.09. The van der Waals surface area contributed by atoms with Gasteiger partial charge in [0.25, 0.3) is 0 Å². The maximum atomic E-state index is 5.42. The molecule has 0 radical (unpaired) electrons. The zero-order valence-corrected chi connectivity index (χ0v) is 9.25. The molecular formula is C11H21N2O+. The van der Waals surface area contributed by atoms with Gasteiger partial charge >= 0.3 is 0 Å². The predicted molar refractivity (Wildman–Crippen MR) is 54.4 cm³/mol. The average Bonchev–Trinajstić information content (AvgIpc) is 2.62. The van der Waals surface area contributed by atoms with E-state index in [2.05, 4.69) is 18.9 Å². The summed E-state index contributed by atoms with van der Waals surface area (Å²) in [7, 11) is 2.33. The minimum Gasteiger partial charge on any atom is -0.379 e. The van der Waals surface area contributed by atoms with Crippen molar-refractivity contribution in [3.05, 3.63) is 0 Å². The molecule has 2 saturated heterocycles. The first-order chi connectivity index (χ1) is 6.73. The maximum Gasteiger partial charge on any atom is 0.0821 e. The lowest BCUT2D eigenvalue weighted by Crippen LogP contribution is -3.08. The van der Waals surface area contributed by atoms with Crippen LogP contribution in [-0.4, -0.2) is 56.9 Å². The molecule has 2 aliphatic heterocycles. The van der Waals surface area contributed by atoms with Gasteiger partial charge < -0.3 is 9.64 Å². The number of piperidine rings is 1. The van der Waals surface area contributed by atoms with Crippen LogP contribution in [0.15, 0.2) is 0 Å². The zero-order valence-electron chi connectivity index (χ0n) is 9.25. The van der Waals surface area contributed by atoms with Crippen LogP contribution in [0.1, 0.15) is 6.92 Å². The van der Waals surface area contributed by atoms with Crippen LogP contribution in [0.4, 0.5) is 0 Å². The Morgan fingerprint density at radius 3 is 2.36 bits per heavy atom. The van der Waals surface area contributed by atoms with Gasteiger partial charge in [-0.2, -0.15) is 0 Å². The van der Waals surface area contributed by atoms with E-state index in [0.717, 1.165) is 38.1 Å². The molecule has 0 bridgehead atoms. The molecule has 3 heteroatoms. The van der Waals surface area contributed by atoms with Crippen molar-refractivity contribution >= 4 is 0 Å². The molecule has 0 aromatic rings. The molecule has 14 heavy (non-hydrogen) atoms. The minimum atomic E-state index is 0.545. The fourth-order valence-corrected chi connectivity index (χ4v) is 3.73. The van der Waals surface area contributed by atoms with E-state index in [9.17, 15) is 0 Å². The van der Waals surface area contributed by atoms with Crippen molar-refractivity contribution in [3.8, 4) is 0 Å². The molecule has 2 heterocycles. The van der Waals surface area contributed by atoms with E-state index in [1.165, 1.54) is 13.1 Å². The lowest BCUT2D eigenvalue weighted by molar-refractivity contribution is -0.873. The summed E-state index contributed by atoms with van der Waals surface area (Å²) in [4.78, 5) is 4.41. The number of hydrogen-bond acceptors (Lipinski definition) is 2. The Labute approximate surface area is 86.0 Å². The van der Waals surface area contributed by atoms with Crippen LogP contribution in [-0.2, 0) is 4.74 Å². The Kier molecular flexibility index (Phi) is 1.92. The van der Waals surface area contributed by atoms with E-state index in [-0.39, 0.29) is 0 Å². The van der Waals surface area contributed by atoms with E-state index in [1.807, 2.05) is 0 Å². The molecule has 3 nitrogen and oxygen atoms in total. The van der Waals surface area contributed by atoms with Crippen LogP contribution in [0.2, 0.25) is 0 Å². The smallest absolute Gasteiger partial charge is 0.0821 e. The number of rotatable bonds is 1. The number of hydrogen-bond donors (Lipinski definition) is 1. The third-order valence-electron chi connectivity index (χ3n) is 4.71. The number of nitrogens with one attached hydrogen (secondary N) is 1. The molecule has 3 rings (SSSR count). The topological polar surface area (TPSA) is 16.9 Å². The molecule has 2 unspecified atom stereocenters. The highest BCUT2D eigenvalue weighted by molar-refractivity contribution is 5.17. The first-order valence-electron chi connectivity index (χ1n) is 5.87. The summed E-state index contributed by atoms with van der Waals surface area (Å²) < 4.78 is 5.42. The second kappa shape index (κ2) is 2.94. The first-order valence-corrected chi connectivity index (χ1v) is 5.87. The Bertz CT molecular complexity index is 225.